The zero-order valence-electron chi connectivity index (χ0n) is 9.28. The number of hydrogen-bond donors (Lipinski definition) is 1. The molecule has 2 rings (SSSR count). The molecule has 0 aliphatic rings. The Labute approximate surface area is 108 Å². The van der Waals surface area contributed by atoms with Crippen LogP contribution in [-0.2, 0) is 6.42 Å². The highest BCUT2D eigenvalue weighted by atomic mass is 35.5. The highest BCUT2D eigenvalue weighted by Gasteiger charge is 2.15. The van der Waals surface area contributed by atoms with Gasteiger partial charge in [0.15, 0.2) is 0 Å². The van der Waals surface area contributed by atoms with Gasteiger partial charge < -0.3 is 5.11 Å². The van der Waals surface area contributed by atoms with E-state index in [1.165, 1.54) is 17.4 Å². The number of hydrogen-bond acceptors (Lipinski definition) is 2. The normalized spacial score (nSPS) is 12.7. The summed E-state index contributed by atoms with van der Waals surface area (Å²) in [6.45, 7) is 1.93. The van der Waals surface area contributed by atoms with Gasteiger partial charge in [-0.2, -0.15) is 0 Å². The molecule has 0 aliphatic heterocycles. The largest absolute Gasteiger partial charge is 0.387 e. The Hall–Kier alpha value is -0.900. The Morgan fingerprint density at radius 3 is 2.82 bits per heavy atom. The van der Waals surface area contributed by atoms with E-state index in [9.17, 15) is 9.50 Å². The second kappa shape index (κ2) is 5.17. The predicted molar refractivity (Wildman–Crippen MR) is 69.1 cm³/mol. The maximum absolute atomic E-state index is 13.7. The smallest absolute Gasteiger partial charge is 0.145 e. The molecule has 90 valence electrons. The third kappa shape index (κ3) is 2.68. The predicted octanol–water partition coefficient (Wildman–Crippen LogP) is 4.13. The van der Waals surface area contributed by atoms with Crippen LogP contribution < -0.4 is 0 Å². The van der Waals surface area contributed by atoms with Crippen LogP contribution in [0, 0.1) is 12.7 Å². The number of aliphatic hydroxyl groups excluding tert-OH is 1. The molecule has 1 aromatic carbocycles. The summed E-state index contributed by atoms with van der Waals surface area (Å²) in [5, 5.41) is 12.1. The zero-order valence-corrected chi connectivity index (χ0v) is 10.9. The Balaban J connectivity index is 2.22. The first-order chi connectivity index (χ1) is 8.09. The molecule has 0 fully saturated rings. The van der Waals surface area contributed by atoms with E-state index in [-0.39, 0.29) is 11.4 Å². The molecule has 0 saturated heterocycles. The number of rotatable bonds is 3. The van der Waals surface area contributed by atoms with Crippen molar-refractivity contribution in [1.29, 1.82) is 0 Å². The maximum atomic E-state index is 13.7. The average molecular weight is 271 g/mol. The monoisotopic (exact) mass is 270 g/mol. The maximum Gasteiger partial charge on any atom is 0.145 e. The number of aryl methyl sites for hydroxylation is 1. The van der Waals surface area contributed by atoms with E-state index in [4.69, 9.17) is 11.6 Å². The summed E-state index contributed by atoms with van der Waals surface area (Å²) in [7, 11) is 0. The van der Waals surface area contributed by atoms with E-state index in [1.54, 1.807) is 12.1 Å². The first kappa shape index (κ1) is 12.6. The van der Waals surface area contributed by atoms with Crippen LogP contribution in [0.3, 0.4) is 0 Å². The number of halogens is 2. The van der Waals surface area contributed by atoms with E-state index in [0.717, 1.165) is 10.4 Å². The van der Waals surface area contributed by atoms with E-state index < -0.39 is 11.9 Å². The van der Waals surface area contributed by atoms with Crippen LogP contribution in [0.1, 0.15) is 22.1 Å². The molecule has 2 aromatic rings. The van der Waals surface area contributed by atoms with E-state index in [1.807, 2.05) is 18.4 Å². The Morgan fingerprint density at radius 2 is 2.18 bits per heavy atom. The van der Waals surface area contributed by atoms with Gasteiger partial charge in [-0.15, -0.1) is 11.3 Å². The van der Waals surface area contributed by atoms with Crippen LogP contribution in [0.15, 0.2) is 29.6 Å². The van der Waals surface area contributed by atoms with Crippen LogP contribution in [0.4, 0.5) is 4.39 Å². The number of thiophene rings is 1. The van der Waals surface area contributed by atoms with Crippen LogP contribution in [0.5, 0.6) is 0 Å². The van der Waals surface area contributed by atoms with Crippen molar-refractivity contribution in [2.45, 2.75) is 19.4 Å². The molecule has 1 unspecified atom stereocenters. The highest BCUT2D eigenvalue weighted by molar-refractivity contribution is 7.10. The number of benzene rings is 1. The summed E-state index contributed by atoms with van der Waals surface area (Å²) in [4.78, 5) is 0.879. The summed E-state index contributed by atoms with van der Waals surface area (Å²) in [6.07, 6.45) is -0.434. The molecule has 1 nitrogen and oxygen atoms in total. The Kier molecular flexibility index (Phi) is 3.82. The van der Waals surface area contributed by atoms with Crippen LogP contribution in [0.25, 0.3) is 0 Å². The van der Waals surface area contributed by atoms with Gasteiger partial charge in [0.05, 0.1) is 11.1 Å². The minimum Gasteiger partial charge on any atom is -0.387 e. The summed E-state index contributed by atoms with van der Waals surface area (Å²) < 4.78 is 13.7. The molecule has 1 heterocycles. The fraction of sp³-hybridized carbons (Fsp3) is 0.231. The molecular formula is C13H12ClFOS. The molecule has 1 N–H and O–H groups in total. The molecule has 0 bridgehead atoms. The van der Waals surface area contributed by atoms with Gasteiger partial charge in [-0.1, -0.05) is 23.7 Å². The molecule has 0 amide bonds. The first-order valence-electron chi connectivity index (χ1n) is 5.24. The molecular weight excluding hydrogens is 259 g/mol. The van der Waals surface area contributed by atoms with Crippen molar-refractivity contribution in [3.8, 4) is 0 Å². The first-order valence-corrected chi connectivity index (χ1v) is 6.50. The van der Waals surface area contributed by atoms with Gasteiger partial charge in [0.2, 0.25) is 0 Å². The molecule has 1 aromatic heterocycles. The summed E-state index contributed by atoms with van der Waals surface area (Å²) >= 11 is 7.18. The third-order valence-corrected chi connectivity index (χ3v) is 4.06. The minimum atomic E-state index is -0.678. The molecule has 0 radical (unpaired) electrons. The van der Waals surface area contributed by atoms with Gasteiger partial charge in [-0.05, 0) is 35.6 Å². The number of aliphatic hydroxyl groups is 1. The van der Waals surface area contributed by atoms with Crippen molar-refractivity contribution in [3.63, 3.8) is 0 Å². The van der Waals surface area contributed by atoms with Crippen LogP contribution in [-0.4, -0.2) is 5.11 Å². The quantitative estimate of drug-likeness (QED) is 0.889. The second-order valence-electron chi connectivity index (χ2n) is 3.90. The molecule has 17 heavy (non-hydrogen) atoms. The lowest BCUT2D eigenvalue weighted by Gasteiger charge is -2.11. The third-order valence-electron chi connectivity index (χ3n) is 2.65. The lowest BCUT2D eigenvalue weighted by Crippen LogP contribution is -2.03. The lowest BCUT2D eigenvalue weighted by molar-refractivity contribution is 0.180. The summed E-state index contributed by atoms with van der Waals surface area (Å²) in [5.74, 6) is -0.442. The van der Waals surface area contributed by atoms with Gasteiger partial charge in [0.1, 0.15) is 5.82 Å². The Bertz CT molecular complexity index is 524. The van der Waals surface area contributed by atoms with Gasteiger partial charge in [-0.3, -0.25) is 0 Å². The fourth-order valence-electron chi connectivity index (χ4n) is 1.73. The summed E-state index contributed by atoms with van der Waals surface area (Å²) in [5.41, 5.74) is 1.47. The molecule has 0 spiro atoms. The standard InChI is InChI=1S/C13H12ClFOS/c1-8-5-6-17-13(8)11(16)7-9-3-2-4-10(14)12(9)15/h2-6,11,16H,7H2,1H3. The van der Waals surface area contributed by atoms with Gasteiger partial charge in [-0.25, -0.2) is 4.39 Å². The van der Waals surface area contributed by atoms with Gasteiger partial charge in [0, 0.05) is 11.3 Å². The average Bonchev–Trinajstić information content (AvgIpc) is 2.71. The van der Waals surface area contributed by atoms with Crippen molar-refractivity contribution >= 4 is 22.9 Å². The minimum absolute atomic E-state index is 0.0950. The topological polar surface area (TPSA) is 20.2 Å². The van der Waals surface area contributed by atoms with Gasteiger partial charge in [0.25, 0.3) is 0 Å². The van der Waals surface area contributed by atoms with E-state index >= 15 is 0 Å². The van der Waals surface area contributed by atoms with Crippen LogP contribution in [0.2, 0.25) is 5.02 Å². The zero-order chi connectivity index (χ0) is 12.4. The van der Waals surface area contributed by atoms with Gasteiger partial charge >= 0.3 is 0 Å². The molecule has 4 heteroatoms. The molecule has 0 aliphatic carbocycles. The Morgan fingerprint density at radius 1 is 1.41 bits per heavy atom. The second-order valence-corrected chi connectivity index (χ2v) is 5.26. The molecule has 0 saturated carbocycles. The van der Waals surface area contributed by atoms with Crippen LogP contribution >= 0.6 is 22.9 Å². The molecule has 1 atom stereocenters. The van der Waals surface area contributed by atoms with Crippen molar-refractivity contribution in [2.75, 3.05) is 0 Å². The van der Waals surface area contributed by atoms with Crippen molar-refractivity contribution in [2.24, 2.45) is 0 Å². The lowest BCUT2D eigenvalue weighted by atomic mass is 10.0. The van der Waals surface area contributed by atoms with E-state index in [0.29, 0.717) is 5.56 Å². The van der Waals surface area contributed by atoms with E-state index in [2.05, 4.69) is 0 Å². The van der Waals surface area contributed by atoms with Crippen molar-refractivity contribution in [3.05, 3.63) is 56.5 Å². The van der Waals surface area contributed by atoms with Crippen molar-refractivity contribution < 1.29 is 9.50 Å². The highest BCUT2D eigenvalue weighted by Crippen LogP contribution is 2.28. The van der Waals surface area contributed by atoms with Crippen molar-refractivity contribution in [1.82, 2.24) is 0 Å². The fourth-order valence-corrected chi connectivity index (χ4v) is 2.84. The summed E-state index contributed by atoms with van der Waals surface area (Å²) in [6, 6.07) is 6.78. The SMILES string of the molecule is Cc1ccsc1C(O)Cc1cccc(Cl)c1F.